The number of carbonyl (C=O) groups is 1. The highest BCUT2D eigenvalue weighted by molar-refractivity contribution is 6.35. The van der Waals surface area contributed by atoms with E-state index in [9.17, 15) is 4.79 Å². The summed E-state index contributed by atoms with van der Waals surface area (Å²) in [6.07, 6.45) is 4.57. The number of aromatic nitrogens is 2. The molecule has 0 radical (unpaired) electrons. The number of hydrogen-bond acceptors (Lipinski definition) is 2. The van der Waals surface area contributed by atoms with Crippen LogP contribution < -0.4 is 0 Å². The monoisotopic (exact) mass is 363 g/mol. The maximum atomic E-state index is 12.0. The van der Waals surface area contributed by atoms with Crippen LogP contribution in [0.3, 0.4) is 0 Å². The lowest BCUT2D eigenvalue weighted by molar-refractivity contribution is -0.129. The highest BCUT2D eigenvalue weighted by Crippen LogP contribution is 2.26. The first-order valence-electron chi connectivity index (χ1n) is 7.91. The molecule has 1 aromatic heterocycles. The van der Waals surface area contributed by atoms with Crippen LogP contribution in [0, 0.1) is 13.8 Å². The van der Waals surface area contributed by atoms with Crippen molar-refractivity contribution in [1.29, 1.82) is 0 Å². The molecule has 0 N–H and O–H groups in total. The van der Waals surface area contributed by atoms with Gasteiger partial charge in [0.1, 0.15) is 0 Å². The Kier molecular flexibility index (Phi) is 4.97. The van der Waals surface area contributed by atoms with Crippen LogP contribution in [0.25, 0.3) is 6.08 Å². The number of halogens is 2. The van der Waals surface area contributed by atoms with Gasteiger partial charge in [-0.05, 0) is 38.5 Å². The van der Waals surface area contributed by atoms with Crippen molar-refractivity contribution in [3.8, 4) is 0 Å². The topological polar surface area (TPSA) is 38.1 Å². The molecule has 4 nitrogen and oxygen atoms in total. The van der Waals surface area contributed by atoms with Crippen molar-refractivity contribution in [2.75, 3.05) is 13.1 Å². The van der Waals surface area contributed by atoms with Gasteiger partial charge in [-0.1, -0.05) is 29.3 Å². The Morgan fingerprint density at radius 1 is 1.25 bits per heavy atom. The third kappa shape index (κ3) is 3.35. The Morgan fingerprint density at radius 3 is 2.50 bits per heavy atom. The molecule has 1 fully saturated rings. The summed E-state index contributed by atoms with van der Waals surface area (Å²) in [5.74, 6) is 0.0574. The molecule has 0 saturated carbocycles. The first kappa shape index (κ1) is 17.1. The Morgan fingerprint density at radius 2 is 1.92 bits per heavy atom. The SMILES string of the molecule is Cc1nn(Cc2c(Cl)cccc2Cl)c(C)c1C=CC(=O)N1CCC1. The lowest BCUT2D eigenvalue weighted by Crippen LogP contribution is -2.40. The summed E-state index contributed by atoms with van der Waals surface area (Å²) in [5.41, 5.74) is 3.67. The van der Waals surface area contributed by atoms with Crippen LogP contribution in [-0.4, -0.2) is 33.7 Å². The molecule has 0 aliphatic carbocycles. The van der Waals surface area contributed by atoms with Crippen molar-refractivity contribution in [3.05, 3.63) is 56.8 Å². The summed E-state index contributed by atoms with van der Waals surface area (Å²) >= 11 is 12.5. The highest BCUT2D eigenvalue weighted by Gasteiger charge is 2.18. The van der Waals surface area contributed by atoms with Crippen molar-refractivity contribution in [1.82, 2.24) is 14.7 Å². The number of benzene rings is 1. The zero-order valence-electron chi connectivity index (χ0n) is 13.7. The van der Waals surface area contributed by atoms with Gasteiger partial charge in [0, 0.05) is 46.0 Å². The summed E-state index contributed by atoms with van der Waals surface area (Å²) < 4.78 is 1.87. The van der Waals surface area contributed by atoms with Gasteiger partial charge in [0.15, 0.2) is 0 Å². The molecule has 0 unspecified atom stereocenters. The lowest BCUT2D eigenvalue weighted by Gasteiger charge is -2.29. The number of amides is 1. The number of rotatable bonds is 4. The molecule has 24 heavy (non-hydrogen) atoms. The molecule has 1 saturated heterocycles. The number of carbonyl (C=O) groups excluding carboxylic acids is 1. The van der Waals surface area contributed by atoms with Crippen molar-refractivity contribution >= 4 is 35.2 Å². The highest BCUT2D eigenvalue weighted by atomic mass is 35.5. The van der Waals surface area contributed by atoms with E-state index >= 15 is 0 Å². The number of hydrogen-bond donors (Lipinski definition) is 0. The standard InChI is InChI=1S/C18H19Cl2N3O/c1-12-14(7-8-18(24)22-9-4-10-22)13(2)23(21-12)11-15-16(19)5-3-6-17(15)20/h3,5-8H,4,9-11H2,1-2H3. The van der Waals surface area contributed by atoms with Gasteiger partial charge in [-0.3, -0.25) is 9.48 Å². The molecule has 2 aromatic rings. The minimum atomic E-state index is 0.0574. The van der Waals surface area contributed by atoms with Crippen molar-refractivity contribution < 1.29 is 4.79 Å². The Hall–Kier alpha value is -1.78. The summed E-state index contributed by atoms with van der Waals surface area (Å²) in [4.78, 5) is 13.8. The molecule has 0 bridgehead atoms. The summed E-state index contributed by atoms with van der Waals surface area (Å²) in [5, 5.41) is 5.82. The summed E-state index contributed by atoms with van der Waals surface area (Å²) in [6.45, 7) is 6.12. The van der Waals surface area contributed by atoms with Gasteiger partial charge in [0.2, 0.25) is 5.91 Å². The van der Waals surface area contributed by atoms with E-state index in [0.717, 1.165) is 42.0 Å². The van der Waals surface area contributed by atoms with Gasteiger partial charge in [0.05, 0.1) is 12.2 Å². The zero-order valence-corrected chi connectivity index (χ0v) is 15.2. The van der Waals surface area contributed by atoms with E-state index in [2.05, 4.69) is 5.10 Å². The third-order valence-corrected chi connectivity index (χ3v) is 5.08. The fraction of sp³-hybridized carbons (Fsp3) is 0.333. The van der Waals surface area contributed by atoms with E-state index in [4.69, 9.17) is 23.2 Å². The quantitative estimate of drug-likeness (QED) is 0.766. The average molecular weight is 364 g/mol. The molecule has 1 aliphatic heterocycles. The van der Waals surface area contributed by atoms with Crippen molar-refractivity contribution in [2.45, 2.75) is 26.8 Å². The minimum Gasteiger partial charge on any atom is -0.339 e. The van der Waals surface area contributed by atoms with Gasteiger partial charge in [0.25, 0.3) is 0 Å². The first-order chi connectivity index (χ1) is 11.5. The number of nitrogens with zero attached hydrogens (tertiary/aromatic N) is 3. The van der Waals surface area contributed by atoms with Gasteiger partial charge < -0.3 is 4.90 Å². The van der Waals surface area contributed by atoms with Crippen molar-refractivity contribution in [3.63, 3.8) is 0 Å². The normalized spacial score (nSPS) is 14.2. The van der Waals surface area contributed by atoms with Crippen LogP contribution in [-0.2, 0) is 11.3 Å². The predicted octanol–water partition coefficient (Wildman–Crippen LogP) is 4.10. The summed E-state index contributed by atoms with van der Waals surface area (Å²) in [7, 11) is 0. The van der Waals surface area contributed by atoms with Crippen LogP contribution in [0.1, 0.15) is 28.9 Å². The van der Waals surface area contributed by atoms with E-state index < -0.39 is 0 Å². The molecule has 1 aromatic carbocycles. The molecule has 6 heteroatoms. The fourth-order valence-electron chi connectivity index (χ4n) is 2.74. The predicted molar refractivity (Wildman–Crippen MR) is 97.5 cm³/mol. The molecule has 3 rings (SSSR count). The Labute approximate surface area is 151 Å². The maximum absolute atomic E-state index is 12.0. The van der Waals surface area contributed by atoms with E-state index in [1.54, 1.807) is 6.08 Å². The molecular weight excluding hydrogens is 345 g/mol. The van der Waals surface area contributed by atoms with E-state index in [-0.39, 0.29) is 5.91 Å². The van der Waals surface area contributed by atoms with Gasteiger partial charge in [-0.2, -0.15) is 5.10 Å². The smallest absolute Gasteiger partial charge is 0.246 e. The largest absolute Gasteiger partial charge is 0.339 e. The van der Waals surface area contributed by atoms with Crippen LogP contribution in [0.5, 0.6) is 0 Å². The van der Waals surface area contributed by atoms with Crippen LogP contribution in [0.15, 0.2) is 24.3 Å². The number of likely N-dealkylation sites (tertiary alicyclic amines) is 1. The van der Waals surface area contributed by atoms with Crippen LogP contribution in [0.2, 0.25) is 10.0 Å². The van der Waals surface area contributed by atoms with Crippen molar-refractivity contribution in [2.24, 2.45) is 0 Å². The number of aryl methyl sites for hydroxylation is 1. The minimum absolute atomic E-state index is 0.0574. The molecule has 0 atom stereocenters. The third-order valence-electron chi connectivity index (χ3n) is 4.37. The van der Waals surface area contributed by atoms with Gasteiger partial charge in [-0.25, -0.2) is 0 Å². The molecule has 0 spiro atoms. The molecular formula is C18H19Cl2N3O. The fourth-order valence-corrected chi connectivity index (χ4v) is 3.25. The van der Waals surface area contributed by atoms with Gasteiger partial charge >= 0.3 is 0 Å². The van der Waals surface area contributed by atoms with Crippen LogP contribution >= 0.6 is 23.2 Å². The maximum Gasteiger partial charge on any atom is 0.246 e. The second kappa shape index (κ2) is 6.99. The second-order valence-corrected chi connectivity index (χ2v) is 6.77. The van der Waals surface area contributed by atoms with Gasteiger partial charge in [-0.15, -0.1) is 0 Å². The van der Waals surface area contributed by atoms with E-state index in [1.165, 1.54) is 0 Å². The Balaban J connectivity index is 1.84. The van der Waals surface area contributed by atoms with E-state index in [0.29, 0.717) is 16.6 Å². The van der Waals surface area contributed by atoms with Crippen LogP contribution in [0.4, 0.5) is 0 Å². The molecule has 1 amide bonds. The zero-order chi connectivity index (χ0) is 17.3. The molecule has 2 heterocycles. The first-order valence-corrected chi connectivity index (χ1v) is 8.67. The average Bonchev–Trinajstić information content (AvgIpc) is 2.73. The summed E-state index contributed by atoms with van der Waals surface area (Å²) in [6, 6.07) is 5.47. The second-order valence-electron chi connectivity index (χ2n) is 5.95. The molecule has 1 aliphatic rings. The Bertz CT molecular complexity index is 787. The lowest BCUT2D eigenvalue weighted by atomic mass is 10.1. The molecule has 126 valence electrons. The van der Waals surface area contributed by atoms with E-state index in [1.807, 2.05) is 47.7 Å².